The largest absolute Gasteiger partial charge is 0.573 e. The number of amidine groups is 1. The number of aryl methyl sites for hydroxylation is 1. The van der Waals surface area contributed by atoms with Crippen molar-refractivity contribution in [3.63, 3.8) is 0 Å². The molecule has 2 aliphatic rings. The average Bonchev–Trinajstić information content (AvgIpc) is 3.28. The second-order valence-electron chi connectivity index (χ2n) is 10.4. The first-order valence-corrected chi connectivity index (χ1v) is 15.2. The highest BCUT2D eigenvalue weighted by atomic mass is 32.2. The lowest BCUT2D eigenvalue weighted by molar-refractivity contribution is -0.274. The Labute approximate surface area is 257 Å². The summed E-state index contributed by atoms with van der Waals surface area (Å²) in [6, 6.07) is 9.86. The van der Waals surface area contributed by atoms with E-state index in [1.54, 1.807) is 25.1 Å². The van der Waals surface area contributed by atoms with E-state index in [0.29, 0.717) is 16.8 Å². The molecule has 1 saturated heterocycles. The van der Waals surface area contributed by atoms with Crippen LogP contribution in [0.3, 0.4) is 0 Å². The predicted octanol–water partition coefficient (Wildman–Crippen LogP) is 2.49. The van der Waals surface area contributed by atoms with Crippen LogP contribution in [0, 0.1) is 6.92 Å². The second kappa shape index (κ2) is 13.4. The third kappa shape index (κ3) is 8.26. The van der Waals surface area contributed by atoms with Crippen molar-refractivity contribution in [3.8, 4) is 5.75 Å². The molecule has 0 radical (unpaired) electrons. The van der Waals surface area contributed by atoms with E-state index in [9.17, 15) is 41.1 Å². The van der Waals surface area contributed by atoms with Gasteiger partial charge in [0.2, 0.25) is 10.0 Å². The smallest absolute Gasteiger partial charge is 0.456 e. The molecule has 0 unspecified atom stereocenters. The first-order valence-electron chi connectivity index (χ1n) is 13.7. The highest BCUT2D eigenvalue weighted by Gasteiger charge is 2.47. The normalized spacial score (nSPS) is 16.8. The van der Waals surface area contributed by atoms with Crippen LogP contribution in [0.2, 0.25) is 0 Å². The van der Waals surface area contributed by atoms with Gasteiger partial charge in [0.05, 0.1) is 6.61 Å². The van der Waals surface area contributed by atoms with Crippen LogP contribution in [0.4, 0.5) is 18.9 Å². The highest BCUT2D eigenvalue weighted by Crippen LogP contribution is 2.33. The zero-order valence-electron chi connectivity index (χ0n) is 24.3. The Kier molecular flexibility index (Phi) is 9.99. The zero-order valence-corrected chi connectivity index (χ0v) is 25.2. The van der Waals surface area contributed by atoms with Crippen molar-refractivity contribution >= 4 is 45.4 Å². The number of hydrogen-bond donors (Lipinski definition) is 2. The van der Waals surface area contributed by atoms with Crippen molar-refractivity contribution in [3.05, 3.63) is 64.6 Å². The monoisotopic (exact) mass is 652 g/mol. The maximum absolute atomic E-state index is 13.1. The summed E-state index contributed by atoms with van der Waals surface area (Å²) >= 11 is 0. The van der Waals surface area contributed by atoms with Gasteiger partial charge in [0, 0.05) is 43.2 Å². The van der Waals surface area contributed by atoms with Crippen LogP contribution in [0.5, 0.6) is 5.75 Å². The molecule has 12 nitrogen and oxygen atoms in total. The van der Waals surface area contributed by atoms with E-state index in [0.717, 1.165) is 17.5 Å². The molecule has 0 aliphatic carbocycles. The SMILES string of the molecule is CC(=O)OCC(=O)N(CCO)c1ccc(/C=C/S(=O)(=O)N2CCC3(CC2)N=C(c2cccc(OC(F)(F)F)c2)NC3=O)c(C)c1. The number of aliphatic imine (C=N–C) groups is 1. The van der Waals surface area contributed by atoms with E-state index < -0.39 is 52.1 Å². The van der Waals surface area contributed by atoms with Gasteiger partial charge in [0.25, 0.3) is 11.8 Å². The molecule has 0 atom stereocenters. The Hall–Kier alpha value is -4.28. The number of carbonyl (C=O) groups excluding carboxylic acids is 3. The third-order valence-corrected chi connectivity index (χ3v) is 8.80. The highest BCUT2D eigenvalue weighted by molar-refractivity contribution is 7.92. The minimum Gasteiger partial charge on any atom is -0.456 e. The number of rotatable bonds is 10. The van der Waals surface area contributed by atoms with Crippen molar-refractivity contribution in [2.75, 3.05) is 37.7 Å². The lowest BCUT2D eigenvalue weighted by atomic mass is 9.89. The number of ether oxygens (including phenoxy) is 2. The summed E-state index contributed by atoms with van der Waals surface area (Å²) in [5.41, 5.74) is 0.567. The molecular formula is C29H31F3N4O8S. The molecule has 4 rings (SSSR count). The van der Waals surface area contributed by atoms with Gasteiger partial charge in [-0.25, -0.2) is 8.42 Å². The summed E-state index contributed by atoms with van der Waals surface area (Å²) in [4.78, 5) is 42.2. The first-order chi connectivity index (χ1) is 21.1. The average molecular weight is 653 g/mol. The van der Waals surface area contributed by atoms with E-state index in [2.05, 4.69) is 15.0 Å². The van der Waals surface area contributed by atoms with Crippen molar-refractivity contribution in [2.45, 2.75) is 38.6 Å². The summed E-state index contributed by atoms with van der Waals surface area (Å²) < 4.78 is 74.1. The molecule has 45 heavy (non-hydrogen) atoms. The summed E-state index contributed by atoms with van der Waals surface area (Å²) in [5, 5.41) is 13.0. The van der Waals surface area contributed by atoms with Crippen LogP contribution in [-0.4, -0.2) is 86.2 Å². The minimum absolute atomic E-state index is 0.0212. The summed E-state index contributed by atoms with van der Waals surface area (Å²) in [6.07, 6.45) is -3.36. The van der Waals surface area contributed by atoms with E-state index in [-0.39, 0.29) is 50.5 Å². The Morgan fingerprint density at radius 1 is 1.18 bits per heavy atom. The van der Waals surface area contributed by atoms with E-state index in [1.165, 1.54) is 34.3 Å². The lowest BCUT2D eigenvalue weighted by Gasteiger charge is -2.34. The molecule has 1 fully saturated rings. The van der Waals surface area contributed by atoms with Crippen LogP contribution in [0.15, 0.2) is 52.9 Å². The van der Waals surface area contributed by atoms with Crippen LogP contribution >= 0.6 is 0 Å². The molecule has 2 aliphatic heterocycles. The number of benzene rings is 2. The molecule has 0 bridgehead atoms. The van der Waals surface area contributed by atoms with E-state index in [1.807, 2.05) is 0 Å². The van der Waals surface area contributed by atoms with Crippen molar-refractivity contribution < 1.29 is 50.6 Å². The molecule has 242 valence electrons. The number of piperidine rings is 1. The quantitative estimate of drug-likeness (QED) is 0.371. The Morgan fingerprint density at radius 2 is 1.89 bits per heavy atom. The Bertz CT molecular complexity index is 1630. The molecule has 0 aromatic heterocycles. The van der Waals surface area contributed by atoms with Gasteiger partial charge in [-0.3, -0.25) is 19.4 Å². The Balaban J connectivity index is 1.43. The molecule has 2 heterocycles. The number of halogens is 3. The van der Waals surface area contributed by atoms with E-state index >= 15 is 0 Å². The number of anilines is 1. The van der Waals surface area contributed by atoms with Gasteiger partial charge in [-0.1, -0.05) is 18.2 Å². The fourth-order valence-electron chi connectivity index (χ4n) is 4.94. The van der Waals surface area contributed by atoms with Gasteiger partial charge in [-0.2, -0.15) is 4.31 Å². The standard InChI is InChI=1S/C29H31F3N4O8S/c1-19-16-23(36(13-14-37)25(39)18-43-20(2)38)7-6-21(19)8-15-45(41,42)35-11-9-28(10-12-35)27(40)33-26(34-28)22-4-3-5-24(17-22)44-29(30,31)32/h3-8,15-17,37H,9-14,18H2,1-2H3,(H,33,34,40)/b15-8+. The molecule has 2 aromatic carbocycles. The van der Waals surface area contributed by atoms with E-state index in [4.69, 9.17) is 4.74 Å². The number of hydrogen-bond acceptors (Lipinski definition) is 9. The van der Waals surface area contributed by atoms with Crippen LogP contribution in [0.25, 0.3) is 6.08 Å². The molecule has 2 N–H and O–H groups in total. The number of aliphatic hydroxyl groups is 1. The van der Waals surface area contributed by atoms with Gasteiger partial charge in [0.15, 0.2) is 6.61 Å². The number of carbonyl (C=O) groups is 3. The number of aliphatic hydroxyl groups excluding tert-OH is 1. The zero-order chi connectivity index (χ0) is 33.0. The Morgan fingerprint density at radius 3 is 2.51 bits per heavy atom. The molecule has 2 aromatic rings. The fraction of sp³-hybridized carbons (Fsp3) is 0.379. The van der Waals surface area contributed by atoms with Crippen LogP contribution in [-0.2, 0) is 29.1 Å². The summed E-state index contributed by atoms with van der Waals surface area (Å²) in [7, 11) is -3.91. The van der Waals surface area contributed by atoms with Gasteiger partial charge >= 0.3 is 12.3 Å². The molecule has 2 amide bonds. The number of esters is 1. The number of nitrogens with zero attached hydrogens (tertiary/aromatic N) is 3. The van der Waals surface area contributed by atoms with Crippen molar-refractivity contribution in [2.24, 2.45) is 4.99 Å². The van der Waals surface area contributed by atoms with Gasteiger partial charge in [0.1, 0.15) is 17.1 Å². The maximum Gasteiger partial charge on any atom is 0.573 e. The first kappa shape index (κ1) is 33.6. The molecule has 16 heteroatoms. The van der Waals surface area contributed by atoms with Gasteiger partial charge in [-0.05, 0) is 61.2 Å². The van der Waals surface area contributed by atoms with Crippen molar-refractivity contribution in [1.82, 2.24) is 9.62 Å². The van der Waals surface area contributed by atoms with Gasteiger partial charge in [-0.15, -0.1) is 13.2 Å². The number of sulfonamides is 1. The minimum atomic E-state index is -4.88. The molecule has 0 saturated carbocycles. The maximum atomic E-state index is 13.1. The predicted molar refractivity (Wildman–Crippen MR) is 157 cm³/mol. The number of nitrogens with one attached hydrogen (secondary N) is 1. The number of alkyl halides is 3. The molecular weight excluding hydrogens is 621 g/mol. The van der Waals surface area contributed by atoms with Crippen molar-refractivity contribution in [1.29, 1.82) is 0 Å². The topological polar surface area (TPSA) is 155 Å². The fourth-order valence-corrected chi connectivity index (χ4v) is 6.12. The number of amides is 2. The van der Waals surface area contributed by atoms with Gasteiger partial charge < -0.3 is 24.8 Å². The third-order valence-electron chi connectivity index (χ3n) is 7.24. The summed E-state index contributed by atoms with van der Waals surface area (Å²) in [5.74, 6) is -2.02. The molecule has 1 spiro atoms. The second-order valence-corrected chi connectivity index (χ2v) is 12.2. The van der Waals surface area contributed by atoms with Crippen LogP contribution < -0.4 is 15.0 Å². The summed E-state index contributed by atoms with van der Waals surface area (Å²) in [6.45, 7) is 1.97. The van der Waals surface area contributed by atoms with Crippen LogP contribution in [0.1, 0.15) is 36.5 Å². The lowest BCUT2D eigenvalue weighted by Crippen LogP contribution is -2.50.